The third-order valence-electron chi connectivity index (χ3n) is 2.24. The van der Waals surface area contributed by atoms with Crippen molar-refractivity contribution in [3.8, 4) is 0 Å². The molecule has 0 aromatic carbocycles. The minimum absolute atomic E-state index is 0.0227. The first-order chi connectivity index (χ1) is 7.46. The van der Waals surface area contributed by atoms with Gasteiger partial charge in [0.2, 0.25) is 0 Å². The van der Waals surface area contributed by atoms with E-state index in [-0.39, 0.29) is 5.54 Å². The lowest BCUT2D eigenvalue weighted by Gasteiger charge is -2.23. The molecule has 0 saturated heterocycles. The maximum Gasteiger partial charge on any atom is 0.134 e. The molecule has 0 saturated carbocycles. The molecule has 1 aromatic heterocycles. The fourth-order valence-corrected chi connectivity index (χ4v) is 1.52. The van der Waals surface area contributed by atoms with Gasteiger partial charge in [0.05, 0.1) is 0 Å². The van der Waals surface area contributed by atoms with Crippen molar-refractivity contribution in [2.75, 3.05) is 23.3 Å². The lowest BCUT2D eigenvalue weighted by atomic mass is 10.1. The maximum atomic E-state index is 4.29. The van der Waals surface area contributed by atoms with E-state index in [1.54, 1.807) is 6.33 Å². The van der Waals surface area contributed by atoms with Gasteiger partial charge in [-0.3, -0.25) is 0 Å². The van der Waals surface area contributed by atoms with Crippen LogP contribution in [0.2, 0.25) is 0 Å². The van der Waals surface area contributed by atoms with Crippen LogP contribution >= 0.6 is 0 Å². The predicted molar refractivity (Wildman–Crippen MR) is 69.0 cm³/mol. The molecule has 1 heterocycles. The molecule has 0 bridgehead atoms. The van der Waals surface area contributed by atoms with Crippen molar-refractivity contribution in [3.63, 3.8) is 0 Å². The average Bonchev–Trinajstić information content (AvgIpc) is 2.17. The van der Waals surface area contributed by atoms with Gasteiger partial charge in [-0.1, -0.05) is 0 Å². The van der Waals surface area contributed by atoms with Gasteiger partial charge in [0.15, 0.2) is 0 Å². The SMILES string of the molecule is CCN(CC)c1cc(NC(C)(C)C)ncn1. The summed E-state index contributed by atoms with van der Waals surface area (Å²) in [4.78, 5) is 10.7. The van der Waals surface area contributed by atoms with Crippen molar-refractivity contribution in [3.05, 3.63) is 12.4 Å². The molecule has 1 aromatic rings. The molecule has 16 heavy (non-hydrogen) atoms. The highest BCUT2D eigenvalue weighted by Crippen LogP contribution is 2.16. The highest BCUT2D eigenvalue weighted by molar-refractivity contribution is 5.49. The van der Waals surface area contributed by atoms with Crippen molar-refractivity contribution < 1.29 is 0 Å². The van der Waals surface area contributed by atoms with E-state index in [9.17, 15) is 0 Å². The van der Waals surface area contributed by atoms with Crippen LogP contribution < -0.4 is 10.2 Å². The summed E-state index contributed by atoms with van der Waals surface area (Å²) in [5.41, 5.74) is 0.0227. The summed E-state index contributed by atoms with van der Waals surface area (Å²) in [5, 5.41) is 3.35. The van der Waals surface area contributed by atoms with E-state index >= 15 is 0 Å². The molecule has 1 N–H and O–H groups in total. The topological polar surface area (TPSA) is 41.0 Å². The average molecular weight is 222 g/mol. The minimum Gasteiger partial charge on any atom is -0.365 e. The number of rotatable bonds is 4. The summed E-state index contributed by atoms with van der Waals surface area (Å²) in [6.07, 6.45) is 1.61. The molecule has 0 aliphatic heterocycles. The fourth-order valence-electron chi connectivity index (χ4n) is 1.52. The number of hydrogen-bond donors (Lipinski definition) is 1. The van der Waals surface area contributed by atoms with Gasteiger partial charge < -0.3 is 10.2 Å². The van der Waals surface area contributed by atoms with Gasteiger partial charge in [-0.05, 0) is 34.6 Å². The van der Waals surface area contributed by atoms with E-state index in [1.165, 1.54) is 0 Å². The van der Waals surface area contributed by atoms with Crippen LogP contribution in [0, 0.1) is 0 Å². The quantitative estimate of drug-likeness (QED) is 0.850. The zero-order valence-electron chi connectivity index (χ0n) is 10.9. The van der Waals surface area contributed by atoms with Crippen molar-refractivity contribution in [1.82, 2.24) is 9.97 Å². The van der Waals surface area contributed by atoms with Gasteiger partial charge in [-0.15, -0.1) is 0 Å². The van der Waals surface area contributed by atoms with Crippen LogP contribution in [0.3, 0.4) is 0 Å². The first kappa shape index (κ1) is 12.7. The summed E-state index contributed by atoms with van der Waals surface area (Å²) >= 11 is 0. The third-order valence-corrected chi connectivity index (χ3v) is 2.24. The highest BCUT2D eigenvalue weighted by Gasteiger charge is 2.11. The Bertz CT molecular complexity index is 326. The molecule has 0 aliphatic carbocycles. The maximum absolute atomic E-state index is 4.29. The van der Waals surface area contributed by atoms with E-state index in [4.69, 9.17) is 0 Å². The Morgan fingerprint density at radius 2 is 1.81 bits per heavy atom. The Kier molecular flexibility index (Phi) is 4.10. The predicted octanol–water partition coefficient (Wildman–Crippen LogP) is 2.53. The number of hydrogen-bond acceptors (Lipinski definition) is 4. The number of aromatic nitrogens is 2. The minimum atomic E-state index is 0.0227. The van der Waals surface area contributed by atoms with Gasteiger partial charge in [0.1, 0.15) is 18.0 Å². The molecular weight excluding hydrogens is 200 g/mol. The first-order valence-corrected chi connectivity index (χ1v) is 5.81. The van der Waals surface area contributed by atoms with E-state index in [0.29, 0.717) is 0 Å². The molecule has 0 radical (unpaired) electrons. The van der Waals surface area contributed by atoms with Gasteiger partial charge >= 0.3 is 0 Å². The summed E-state index contributed by atoms with van der Waals surface area (Å²) in [7, 11) is 0. The summed E-state index contributed by atoms with van der Waals surface area (Å²) in [5.74, 6) is 1.86. The molecule has 0 fully saturated rings. The standard InChI is InChI=1S/C12H22N4/c1-6-16(7-2)11-8-10(13-9-14-11)15-12(3,4)5/h8-9H,6-7H2,1-5H3,(H,13,14,15). The van der Waals surface area contributed by atoms with Gasteiger partial charge in [-0.25, -0.2) is 9.97 Å². The summed E-state index contributed by atoms with van der Waals surface area (Å²) in [6, 6.07) is 2.00. The number of nitrogens with zero attached hydrogens (tertiary/aromatic N) is 3. The monoisotopic (exact) mass is 222 g/mol. The van der Waals surface area contributed by atoms with Crippen LogP contribution in [-0.4, -0.2) is 28.6 Å². The molecule has 0 unspecified atom stereocenters. The van der Waals surface area contributed by atoms with Gasteiger partial charge in [0.25, 0.3) is 0 Å². The lowest BCUT2D eigenvalue weighted by molar-refractivity contribution is 0.630. The second-order valence-corrected chi connectivity index (χ2v) is 4.81. The van der Waals surface area contributed by atoms with Crippen LogP contribution in [0.15, 0.2) is 12.4 Å². The van der Waals surface area contributed by atoms with Crippen molar-refractivity contribution >= 4 is 11.6 Å². The third kappa shape index (κ3) is 3.68. The number of nitrogens with one attached hydrogen (secondary N) is 1. The molecule has 4 heteroatoms. The Hall–Kier alpha value is -1.32. The lowest BCUT2D eigenvalue weighted by Crippen LogP contribution is -2.27. The first-order valence-electron chi connectivity index (χ1n) is 5.81. The zero-order valence-corrected chi connectivity index (χ0v) is 10.9. The Balaban J connectivity index is 2.86. The van der Waals surface area contributed by atoms with Crippen molar-refractivity contribution in [2.45, 2.75) is 40.2 Å². The molecule has 4 nitrogen and oxygen atoms in total. The number of anilines is 2. The molecule has 0 spiro atoms. The van der Waals surface area contributed by atoms with E-state index in [0.717, 1.165) is 24.7 Å². The second kappa shape index (κ2) is 5.14. The van der Waals surface area contributed by atoms with Crippen LogP contribution in [0.1, 0.15) is 34.6 Å². The van der Waals surface area contributed by atoms with Crippen molar-refractivity contribution in [1.29, 1.82) is 0 Å². The van der Waals surface area contributed by atoms with Crippen molar-refractivity contribution in [2.24, 2.45) is 0 Å². The summed E-state index contributed by atoms with van der Waals surface area (Å²) in [6.45, 7) is 12.5. The van der Waals surface area contributed by atoms with Gasteiger partial charge in [-0.2, -0.15) is 0 Å². The Labute approximate surface area is 98.1 Å². The van der Waals surface area contributed by atoms with Crippen LogP contribution in [0.5, 0.6) is 0 Å². The smallest absolute Gasteiger partial charge is 0.134 e. The van der Waals surface area contributed by atoms with E-state index in [1.807, 2.05) is 6.07 Å². The molecule has 0 amide bonds. The molecule has 90 valence electrons. The largest absolute Gasteiger partial charge is 0.365 e. The molecule has 1 rings (SSSR count). The van der Waals surface area contributed by atoms with Crippen LogP contribution in [0.25, 0.3) is 0 Å². The highest BCUT2D eigenvalue weighted by atomic mass is 15.2. The molecule has 0 atom stereocenters. The Morgan fingerprint density at radius 1 is 1.19 bits per heavy atom. The fraction of sp³-hybridized carbons (Fsp3) is 0.667. The van der Waals surface area contributed by atoms with E-state index in [2.05, 4.69) is 54.8 Å². The Morgan fingerprint density at radius 3 is 2.31 bits per heavy atom. The second-order valence-electron chi connectivity index (χ2n) is 4.81. The molecule has 0 aliphatic rings. The van der Waals surface area contributed by atoms with Crippen LogP contribution in [-0.2, 0) is 0 Å². The zero-order chi connectivity index (χ0) is 12.2. The molecular formula is C12H22N4. The van der Waals surface area contributed by atoms with Crippen LogP contribution in [0.4, 0.5) is 11.6 Å². The van der Waals surface area contributed by atoms with E-state index < -0.39 is 0 Å². The summed E-state index contributed by atoms with van der Waals surface area (Å²) < 4.78 is 0. The normalized spacial score (nSPS) is 11.3. The van der Waals surface area contributed by atoms with Gasteiger partial charge in [0, 0.05) is 24.7 Å².